The lowest BCUT2D eigenvalue weighted by Gasteiger charge is -2.31. The molecule has 4 N–H and O–H groups in total. The van der Waals surface area contributed by atoms with Crippen molar-refractivity contribution in [1.29, 1.82) is 0 Å². The van der Waals surface area contributed by atoms with Gasteiger partial charge in [0.05, 0.1) is 24.9 Å². The number of thiazole rings is 1. The number of carboxylic acids is 1. The van der Waals surface area contributed by atoms with Gasteiger partial charge in [-0.25, -0.2) is 19.6 Å². The number of hydrogen-bond donors (Lipinski definition) is 4. The van der Waals surface area contributed by atoms with Crippen LogP contribution in [0, 0.1) is 17.8 Å². The Hall–Kier alpha value is -5.25. The van der Waals surface area contributed by atoms with E-state index in [2.05, 4.69) is 16.0 Å². The maximum Gasteiger partial charge on any atom is 0.408 e. The van der Waals surface area contributed by atoms with Crippen LogP contribution in [0.25, 0.3) is 22.3 Å². The molecule has 1 saturated heterocycles. The first-order chi connectivity index (χ1) is 29.9. The van der Waals surface area contributed by atoms with Gasteiger partial charge in [-0.3, -0.25) is 14.4 Å². The topological polar surface area (TPSA) is 198 Å². The van der Waals surface area contributed by atoms with Gasteiger partial charge in [-0.2, -0.15) is 0 Å². The summed E-state index contributed by atoms with van der Waals surface area (Å²) in [5.41, 5.74) is 0.299. The fourth-order valence-electron chi connectivity index (χ4n) is 9.28. The number of nitrogens with one attached hydrogen (secondary N) is 3. The lowest BCUT2D eigenvalue weighted by atomic mass is 9.83. The molecule has 3 saturated carbocycles. The highest BCUT2D eigenvalue weighted by molar-refractivity contribution is 7.14. The number of pyridine rings is 1. The molecule has 62 heavy (non-hydrogen) atoms. The summed E-state index contributed by atoms with van der Waals surface area (Å²) in [5.74, 6) is -1.76. The zero-order valence-electron chi connectivity index (χ0n) is 35.7. The molecule has 1 aromatic carbocycles. The number of anilines is 1. The number of ether oxygens (including phenoxy) is 3. The Morgan fingerprint density at radius 2 is 1.76 bits per heavy atom. The number of rotatable bonds is 12. The Balaban J connectivity index is 1.09. The van der Waals surface area contributed by atoms with Crippen LogP contribution in [0.1, 0.15) is 104 Å². The predicted octanol–water partition coefficient (Wildman–Crippen LogP) is 7.04. The smallest absolute Gasteiger partial charge is 0.408 e. The maximum absolute atomic E-state index is 14.9. The van der Waals surface area contributed by atoms with Crippen LogP contribution in [0.5, 0.6) is 11.5 Å². The predicted molar refractivity (Wildman–Crippen MR) is 233 cm³/mol. The van der Waals surface area contributed by atoms with Crippen molar-refractivity contribution in [1.82, 2.24) is 25.5 Å². The Bertz CT molecular complexity index is 2200. The molecule has 0 radical (unpaired) electrons. The van der Waals surface area contributed by atoms with Gasteiger partial charge >= 0.3 is 12.1 Å². The van der Waals surface area contributed by atoms with Crippen LogP contribution >= 0.6 is 11.3 Å². The van der Waals surface area contributed by atoms with Crippen molar-refractivity contribution in [2.45, 2.75) is 140 Å². The van der Waals surface area contributed by atoms with Crippen LogP contribution in [0.2, 0.25) is 0 Å². The zero-order valence-corrected chi connectivity index (χ0v) is 36.5. The van der Waals surface area contributed by atoms with Crippen LogP contribution in [-0.4, -0.2) is 99.2 Å². The third-order valence-corrected chi connectivity index (χ3v) is 13.7. The first-order valence-corrected chi connectivity index (χ1v) is 23.2. The second-order valence-corrected chi connectivity index (χ2v) is 18.8. The molecule has 3 amide bonds. The summed E-state index contributed by atoms with van der Waals surface area (Å²) < 4.78 is 18.3. The minimum atomic E-state index is -1.49. The molecule has 2 aromatic heterocycles. The molecule has 0 spiro atoms. The monoisotopic (exact) mass is 870 g/mol. The number of methoxy groups -OCH3 is 1. The van der Waals surface area contributed by atoms with Crippen LogP contribution < -0.4 is 25.4 Å². The van der Waals surface area contributed by atoms with Gasteiger partial charge in [-0.15, -0.1) is 11.3 Å². The van der Waals surface area contributed by atoms with Crippen LogP contribution in [0.15, 0.2) is 41.8 Å². The van der Waals surface area contributed by atoms with Crippen LogP contribution in [0.4, 0.5) is 9.93 Å². The molecule has 16 heteroatoms. The van der Waals surface area contributed by atoms with E-state index in [0.29, 0.717) is 46.6 Å². The van der Waals surface area contributed by atoms with E-state index < -0.39 is 53.7 Å². The minimum Gasteiger partial charge on any atom is -0.497 e. The summed E-state index contributed by atoms with van der Waals surface area (Å²) in [7, 11) is 1.58. The second kappa shape index (κ2) is 18.6. The first kappa shape index (κ1) is 43.4. The van der Waals surface area contributed by atoms with Gasteiger partial charge in [0.2, 0.25) is 11.8 Å². The Labute approximate surface area is 365 Å². The summed E-state index contributed by atoms with van der Waals surface area (Å²) >= 11 is 1.46. The van der Waals surface area contributed by atoms with Gasteiger partial charge in [0.15, 0.2) is 17.0 Å². The zero-order chi connectivity index (χ0) is 43.5. The largest absolute Gasteiger partial charge is 0.497 e. The molecule has 2 aliphatic heterocycles. The molecule has 332 valence electrons. The third-order valence-electron chi connectivity index (χ3n) is 12.9. The third kappa shape index (κ3) is 9.69. The van der Waals surface area contributed by atoms with Crippen molar-refractivity contribution in [3.8, 4) is 22.9 Å². The van der Waals surface area contributed by atoms with Gasteiger partial charge in [-0.05, 0) is 77.3 Å². The van der Waals surface area contributed by atoms with E-state index in [4.69, 9.17) is 24.2 Å². The number of benzene rings is 1. The average Bonchev–Trinajstić information content (AvgIpc) is 4.14. The number of aliphatic carboxylic acids is 1. The Morgan fingerprint density at radius 1 is 0.984 bits per heavy atom. The highest BCUT2D eigenvalue weighted by atomic mass is 32.1. The summed E-state index contributed by atoms with van der Waals surface area (Å²) in [6, 6.07) is 5.25. The van der Waals surface area contributed by atoms with Crippen LogP contribution in [-0.2, 0) is 23.9 Å². The molecule has 0 bridgehead atoms. The normalized spacial score (nSPS) is 26.9. The lowest BCUT2D eigenvalue weighted by Crippen LogP contribution is -2.56. The highest BCUT2D eigenvalue weighted by Crippen LogP contribution is 2.46. The van der Waals surface area contributed by atoms with Gasteiger partial charge in [0.25, 0.3) is 0 Å². The lowest BCUT2D eigenvalue weighted by molar-refractivity contribution is -0.145. The number of Topliss-reactive ketones (excluding diaryl/α,β-unsaturated/α-hetero) is 1. The van der Waals surface area contributed by atoms with Gasteiger partial charge in [0.1, 0.15) is 40.9 Å². The minimum absolute atomic E-state index is 0.0210. The summed E-state index contributed by atoms with van der Waals surface area (Å²) in [5, 5.41) is 22.7. The number of carbonyl (C=O) groups is 5. The number of allylic oxidation sites excluding steroid dienone is 1. The van der Waals surface area contributed by atoms with E-state index in [1.54, 1.807) is 25.3 Å². The molecule has 8 rings (SSSR count). The summed E-state index contributed by atoms with van der Waals surface area (Å²) in [6.45, 7) is 4.05. The first-order valence-electron chi connectivity index (χ1n) is 22.3. The maximum atomic E-state index is 14.9. The summed E-state index contributed by atoms with van der Waals surface area (Å²) in [4.78, 5) is 80.3. The number of fused-ring (bicyclic) bond motifs is 3. The number of aromatic nitrogens is 2. The average molecular weight is 871 g/mol. The van der Waals surface area contributed by atoms with Crippen molar-refractivity contribution in [3.05, 3.63) is 41.8 Å². The molecular formula is C46H58N6O9S. The van der Waals surface area contributed by atoms with Crippen molar-refractivity contribution >= 4 is 57.0 Å². The Morgan fingerprint density at radius 3 is 2.50 bits per heavy atom. The quantitative estimate of drug-likeness (QED) is 0.136. The molecule has 15 nitrogen and oxygen atoms in total. The molecule has 3 aliphatic carbocycles. The number of nitrogens with zero attached hydrogens (tertiary/aromatic N) is 3. The Kier molecular flexibility index (Phi) is 13.0. The van der Waals surface area contributed by atoms with Crippen molar-refractivity contribution in [2.75, 3.05) is 19.0 Å². The fraction of sp³-hybridized carbons (Fsp3) is 0.587. The number of alkyl carbamates (subject to hydrolysis) is 1. The van der Waals surface area contributed by atoms with Gasteiger partial charge in [-0.1, -0.05) is 44.3 Å². The second-order valence-electron chi connectivity index (χ2n) is 17.9. The van der Waals surface area contributed by atoms with E-state index in [0.717, 1.165) is 62.9 Å². The van der Waals surface area contributed by atoms with E-state index in [1.165, 1.54) is 16.2 Å². The highest BCUT2D eigenvalue weighted by Gasteiger charge is 2.61. The number of carboxylic acid groups (broad SMARTS) is 1. The molecule has 1 unspecified atom stereocenters. The van der Waals surface area contributed by atoms with E-state index in [9.17, 15) is 29.1 Å². The molecular weight excluding hydrogens is 813 g/mol. The van der Waals surface area contributed by atoms with Gasteiger partial charge < -0.3 is 40.2 Å². The molecule has 4 fully saturated rings. The summed E-state index contributed by atoms with van der Waals surface area (Å²) in [6.07, 6.45) is 11.1. The fourth-order valence-corrected chi connectivity index (χ4v) is 10.1. The van der Waals surface area contributed by atoms with Crippen molar-refractivity contribution in [2.24, 2.45) is 17.8 Å². The number of hydrogen-bond acceptors (Lipinski definition) is 12. The molecule has 4 heterocycles. The number of carbonyl (C=O) groups excluding carboxylic acids is 4. The van der Waals surface area contributed by atoms with E-state index in [1.807, 2.05) is 37.4 Å². The van der Waals surface area contributed by atoms with E-state index in [-0.39, 0.29) is 55.4 Å². The SMILES string of the molecule is COc1ccc2c(O[C@@H]3C[C@H]4C(=O)N[C@]5(C(=O)O)CC5/C=C\CCCCC[C@@H](NC(=O)O[C@H](C(=O)C5CC5)C5CCCCC5)C(=O)N4C3)cc(-c3csc(NC(C)C)n3)nc2c1. The number of amides is 3. The standard InChI is InChI=1S/C46H58N6O9S/c1-26(2)47-44-49-36(25-62-44)35-22-38(32-19-18-30(59-3)20-34(32)48-35)60-31-21-37-41(54)51-46(43(56)57)23-29(46)14-10-5-4-6-11-15-33(42(55)52(37)24-31)50-45(58)61-40(39(53)27-16-17-27)28-12-8-7-9-13-28/h10,14,18-20,22,25-29,31,33,37,40H,4-9,11-13,15-17,21,23-24H2,1-3H3,(H,47,49)(H,50,58)(H,51,54)(H,56,57)/b14-10-/t29?,31-,33-,37+,40+,46-/m1/s1. The molecule has 5 aliphatic rings. The van der Waals surface area contributed by atoms with Crippen molar-refractivity contribution in [3.63, 3.8) is 0 Å². The number of ketones is 1. The van der Waals surface area contributed by atoms with Crippen molar-refractivity contribution < 1.29 is 43.3 Å². The van der Waals surface area contributed by atoms with Crippen LogP contribution in [0.3, 0.4) is 0 Å². The molecule has 3 aromatic rings. The molecule has 6 atom stereocenters. The van der Waals surface area contributed by atoms with E-state index >= 15 is 0 Å². The van der Waals surface area contributed by atoms with Gasteiger partial charge in [0, 0.05) is 53.1 Å².